The third-order valence-corrected chi connectivity index (χ3v) is 5.36. The number of amides is 1. The molecule has 0 unspecified atom stereocenters. The van der Waals surface area contributed by atoms with Gasteiger partial charge in [-0.2, -0.15) is 0 Å². The predicted molar refractivity (Wildman–Crippen MR) is 111 cm³/mol. The zero-order valence-corrected chi connectivity index (χ0v) is 16.6. The van der Waals surface area contributed by atoms with Gasteiger partial charge in [-0.25, -0.2) is 14.4 Å². The van der Waals surface area contributed by atoms with Crippen LogP contribution >= 0.6 is 0 Å². The van der Waals surface area contributed by atoms with Gasteiger partial charge in [0.1, 0.15) is 23.7 Å². The molecule has 1 N–H and O–H groups in total. The van der Waals surface area contributed by atoms with E-state index in [1.165, 1.54) is 12.1 Å². The highest BCUT2D eigenvalue weighted by Gasteiger charge is 2.26. The third kappa shape index (κ3) is 4.45. The van der Waals surface area contributed by atoms with Gasteiger partial charge in [0.15, 0.2) is 0 Å². The van der Waals surface area contributed by atoms with Crippen LogP contribution < -0.4 is 10.2 Å². The number of hydrogen-bond donors (Lipinski definition) is 1. The number of benzene rings is 1. The number of halogens is 1. The Morgan fingerprint density at radius 3 is 2.66 bits per heavy atom. The van der Waals surface area contributed by atoms with Crippen LogP contribution in [0.1, 0.15) is 37.2 Å². The van der Waals surface area contributed by atoms with Crippen LogP contribution in [0, 0.1) is 11.2 Å². The van der Waals surface area contributed by atoms with E-state index in [0.29, 0.717) is 16.9 Å². The van der Waals surface area contributed by atoms with E-state index in [0.717, 1.165) is 31.6 Å². The van der Waals surface area contributed by atoms with E-state index in [1.807, 2.05) is 6.07 Å². The lowest BCUT2D eigenvalue weighted by molar-refractivity contribution is 0.102. The number of imidazole rings is 1. The maximum atomic E-state index is 13.5. The maximum absolute atomic E-state index is 13.5. The second-order valence-electron chi connectivity index (χ2n) is 8.15. The van der Waals surface area contributed by atoms with E-state index in [1.54, 1.807) is 41.5 Å². The van der Waals surface area contributed by atoms with E-state index in [-0.39, 0.29) is 11.6 Å². The zero-order valence-electron chi connectivity index (χ0n) is 16.6. The molecule has 0 atom stereocenters. The first-order chi connectivity index (χ1) is 13.9. The number of carbonyl (C=O) groups excluding carboxylic acids is 1. The van der Waals surface area contributed by atoms with Gasteiger partial charge in [0, 0.05) is 42.9 Å². The first-order valence-corrected chi connectivity index (χ1v) is 9.72. The average molecular weight is 393 g/mol. The van der Waals surface area contributed by atoms with E-state index >= 15 is 0 Å². The molecule has 3 aromatic rings. The van der Waals surface area contributed by atoms with Gasteiger partial charge in [-0.05, 0) is 42.5 Å². The summed E-state index contributed by atoms with van der Waals surface area (Å²) in [7, 11) is 0. The molecule has 3 heterocycles. The summed E-state index contributed by atoms with van der Waals surface area (Å²) in [6.45, 7) is 6.41. The van der Waals surface area contributed by atoms with E-state index in [2.05, 4.69) is 34.0 Å². The zero-order chi connectivity index (χ0) is 20.4. The van der Waals surface area contributed by atoms with Gasteiger partial charge in [0.05, 0.1) is 0 Å². The van der Waals surface area contributed by atoms with E-state index in [4.69, 9.17) is 0 Å². The second kappa shape index (κ2) is 7.66. The molecular formula is C22H24FN5O. The van der Waals surface area contributed by atoms with Gasteiger partial charge in [-0.3, -0.25) is 9.36 Å². The van der Waals surface area contributed by atoms with Crippen molar-refractivity contribution in [3.05, 3.63) is 66.6 Å². The summed E-state index contributed by atoms with van der Waals surface area (Å²) in [6, 6.07) is 9.59. The van der Waals surface area contributed by atoms with Gasteiger partial charge >= 0.3 is 0 Å². The summed E-state index contributed by atoms with van der Waals surface area (Å²) in [5.74, 6) is -0.162. The number of nitrogens with zero attached hydrogens (tertiary/aromatic N) is 4. The number of pyridine rings is 1. The molecule has 0 spiro atoms. The molecule has 0 saturated carbocycles. The molecule has 1 amide bonds. The first-order valence-electron chi connectivity index (χ1n) is 9.72. The van der Waals surface area contributed by atoms with Crippen molar-refractivity contribution in [3.8, 4) is 5.82 Å². The topological polar surface area (TPSA) is 63.1 Å². The van der Waals surface area contributed by atoms with Gasteiger partial charge in [-0.15, -0.1) is 0 Å². The SMILES string of the molecule is CC1(C)CCN(c2cc(C(=O)Nc3cccc(F)c3)nc(-n3ccnc3)c2)CC1. The Morgan fingerprint density at radius 2 is 1.97 bits per heavy atom. The number of rotatable bonds is 4. The van der Waals surface area contributed by atoms with Gasteiger partial charge in [0.2, 0.25) is 0 Å². The predicted octanol–water partition coefficient (Wildman–Crippen LogP) is 4.29. The van der Waals surface area contributed by atoms with Crippen molar-refractivity contribution in [2.45, 2.75) is 26.7 Å². The lowest BCUT2D eigenvalue weighted by atomic mass is 9.82. The summed E-state index contributed by atoms with van der Waals surface area (Å²) in [5.41, 5.74) is 1.95. The molecular weight excluding hydrogens is 369 g/mol. The Kier molecular flexibility index (Phi) is 5.05. The number of nitrogens with one attached hydrogen (secondary N) is 1. The van der Waals surface area contributed by atoms with Crippen molar-refractivity contribution >= 4 is 17.3 Å². The molecule has 1 aromatic carbocycles. The molecule has 1 aliphatic rings. The summed E-state index contributed by atoms with van der Waals surface area (Å²) in [5, 5.41) is 2.73. The highest BCUT2D eigenvalue weighted by Crippen LogP contribution is 2.33. The molecule has 1 fully saturated rings. The smallest absolute Gasteiger partial charge is 0.274 e. The van der Waals surface area contributed by atoms with Crippen LogP contribution in [0.15, 0.2) is 55.1 Å². The normalized spacial score (nSPS) is 15.9. The number of hydrogen-bond acceptors (Lipinski definition) is 4. The first kappa shape index (κ1) is 19.1. The molecule has 0 bridgehead atoms. The molecule has 1 aliphatic heterocycles. The molecule has 0 radical (unpaired) electrons. The van der Waals surface area contributed by atoms with E-state index < -0.39 is 5.82 Å². The largest absolute Gasteiger partial charge is 0.371 e. The van der Waals surface area contributed by atoms with Crippen molar-refractivity contribution in [2.24, 2.45) is 5.41 Å². The number of anilines is 2. The minimum absolute atomic E-state index is 0.278. The molecule has 2 aromatic heterocycles. The summed E-state index contributed by atoms with van der Waals surface area (Å²) in [4.78, 5) is 23.7. The monoisotopic (exact) mass is 393 g/mol. The lowest BCUT2D eigenvalue weighted by Crippen LogP contribution is -2.37. The standard InChI is InChI=1S/C22H24FN5O/c1-22(2)6-9-27(10-7-22)18-13-19(26-20(14-18)28-11-8-24-15-28)21(29)25-17-5-3-4-16(23)12-17/h3-5,8,11-15H,6-7,9-10H2,1-2H3,(H,25,29). The Hall–Kier alpha value is -3.22. The number of aromatic nitrogens is 3. The Labute approximate surface area is 169 Å². The second-order valence-corrected chi connectivity index (χ2v) is 8.15. The van der Waals surface area contributed by atoms with Crippen molar-refractivity contribution < 1.29 is 9.18 Å². The van der Waals surface area contributed by atoms with Gasteiger partial charge in [-0.1, -0.05) is 19.9 Å². The third-order valence-electron chi connectivity index (χ3n) is 5.36. The minimum atomic E-state index is -0.403. The van der Waals surface area contributed by atoms with Gasteiger partial charge < -0.3 is 10.2 Å². The van der Waals surface area contributed by atoms with E-state index in [9.17, 15) is 9.18 Å². The maximum Gasteiger partial charge on any atom is 0.274 e. The van der Waals surface area contributed by atoms with Crippen molar-refractivity contribution in [1.82, 2.24) is 14.5 Å². The van der Waals surface area contributed by atoms with Crippen LogP contribution in [-0.2, 0) is 0 Å². The van der Waals surface area contributed by atoms with Crippen LogP contribution in [0.2, 0.25) is 0 Å². The molecule has 1 saturated heterocycles. The Morgan fingerprint density at radius 1 is 1.17 bits per heavy atom. The molecule has 29 heavy (non-hydrogen) atoms. The molecule has 4 rings (SSSR count). The minimum Gasteiger partial charge on any atom is -0.371 e. The highest BCUT2D eigenvalue weighted by atomic mass is 19.1. The van der Waals surface area contributed by atoms with Crippen molar-refractivity contribution in [2.75, 3.05) is 23.3 Å². The summed E-state index contributed by atoms with van der Waals surface area (Å²) >= 11 is 0. The fourth-order valence-corrected chi connectivity index (χ4v) is 3.46. The molecule has 7 heteroatoms. The van der Waals surface area contributed by atoms with Crippen molar-refractivity contribution in [3.63, 3.8) is 0 Å². The molecule has 150 valence electrons. The van der Waals surface area contributed by atoms with Crippen LogP contribution in [-0.4, -0.2) is 33.5 Å². The van der Waals surface area contributed by atoms with Crippen LogP contribution in [0.3, 0.4) is 0 Å². The fraction of sp³-hybridized carbons (Fsp3) is 0.318. The quantitative estimate of drug-likeness (QED) is 0.718. The van der Waals surface area contributed by atoms with Gasteiger partial charge in [0.25, 0.3) is 5.91 Å². The average Bonchev–Trinajstić information content (AvgIpc) is 3.22. The summed E-state index contributed by atoms with van der Waals surface area (Å²) < 4.78 is 15.2. The van der Waals surface area contributed by atoms with Crippen LogP contribution in [0.4, 0.5) is 15.8 Å². The lowest BCUT2D eigenvalue weighted by Gasteiger charge is -2.38. The van der Waals surface area contributed by atoms with Crippen LogP contribution in [0.25, 0.3) is 5.82 Å². The fourth-order valence-electron chi connectivity index (χ4n) is 3.46. The Balaban J connectivity index is 1.65. The molecule has 6 nitrogen and oxygen atoms in total. The highest BCUT2D eigenvalue weighted by molar-refractivity contribution is 6.03. The Bertz CT molecular complexity index is 1010. The number of carbonyl (C=O) groups is 1. The van der Waals surface area contributed by atoms with Crippen molar-refractivity contribution in [1.29, 1.82) is 0 Å². The molecule has 0 aliphatic carbocycles. The summed E-state index contributed by atoms with van der Waals surface area (Å²) in [6.07, 6.45) is 7.28. The van der Waals surface area contributed by atoms with Crippen LogP contribution in [0.5, 0.6) is 0 Å². The number of piperidine rings is 1.